The SMILES string of the molecule is CCN(CC)C(=O)c1cncc(C(=O)NC2CCCC2)c1. The third-order valence-electron chi connectivity index (χ3n) is 3.99. The van der Waals surface area contributed by atoms with Gasteiger partial charge in [-0.15, -0.1) is 0 Å². The van der Waals surface area contributed by atoms with Crippen LogP contribution in [0.2, 0.25) is 0 Å². The molecule has 114 valence electrons. The molecule has 0 saturated heterocycles. The molecule has 5 nitrogen and oxygen atoms in total. The molecule has 0 radical (unpaired) electrons. The van der Waals surface area contributed by atoms with Crippen LogP contribution in [0.15, 0.2) is 18.5 Å². The zero-order valence-corrected chi connectivity index (χ0v) is 12.8. The predicted molar refractivity (Wildman–Crippen MR) is 81.2 cm³/mol. The lowest BCUT2D eigenvalue weighted by atomic mass is 10.1. The van der Waals surface area contributed by atoms with E-state index >= 15 is 0 Å². The first-order valence-corrected chi connectivity index (χ1v) is 7.70. The Morgan fingerprint density at radius 3 is 2.43 bits per heavy atom. The highest BCUT2D eigenvalue weighted by atomic mass is 16.2. The van der Waals surface area contributed by atoms with Gasteiger partial charge in [-0.3, -0.25) is 14.6 Å². The second-order valence-corrected chi connectivity index (χ2v) is 5.39. The third kappa shape index (κ3) is 3.80. The number of hydrogen-bond acceptors (Lipinski definition) is 3. The van der Waals surface area contributed by atoms with E-state index < -0.39 is 0 Å². The quantitative estimate of drug-likeness (QED) is 0.904. The van der Waals surface area contributed by atoms with Crippen molar-refractivity contribution in [3.8, 4) is 0 Å². The number of nitrogens with one attached hydrogen (secondary N) is 1. The lowest BCUT2D eigenvalue weighted by Crippen LogP contribution is -2.33. The molecule has 0 atom stereocenters. The molecule has 1 aliphatic rings. The summed E-state index contributed by atoms with van der Waals surface area (Å²) in [6, 6.07) is 1.90. The highest BCUT2D eigenvalue weighted by molar-refractivity contribution is 5.99. The summed E-state index contributed by atoms with van der Waals surface area (Å²) in [7, 11) is 0. The molecule has 1 saturated carbocycles. The van der Waals surface area contributed by atoms with Crippen LogP contribution in [0, 0.1) is 0 Å². The minimum absolute atomic E-state index is 0.0805. The summed E-state index contributed by atoms with van der Waals surface area (Å²) in [6.07, 6.45) is 7.46. The van der Waals surface area contributed by atoms with E-state index in [1.807, 2.05) is 13.8 Å². The van der Waals surface area contributed by atoms with Crippen molar-refractivity contribution in [2.75, 3.05) is 13.1 Å². The van der Waals surface area contributed by atoms with Crippen molar-refractivity contribution in [3.63, 3.8) is 0 Å². The largest absolute Gasteiger partial charge is 0.349 e. The Morgan fingerprint density at radius 2 is 1.81 bits per heavy atom. The van der Waals surface area contributed by atoms with E-state index in [4.69, 9.17) is 0 Å². The second-order valence-electron chi connectivity index (χ2n) is 5.39. The molecule has 0 spiro atoms. The molecule has 0 bridgehead atoms. The molecule has 1 aromatic heterocycles. The van der Waals surface area contributed by atoms with Gasteiger partial charge in [-0.25, -0.2) is 0 Å². The Morgan fingerprint density at radius 1 is 1.19 bits per heavy atom. The lowest BCUT2D eigenvalue weighted by molar-refractivity contribution is 0.0772. The molecular weight excluding hydrogens is 266 g/mol. The average Bonchev–Trinajstić information content (AvgIpc) is 3.01. The Labute approximate surface area is 125 Å². The number of carbonyl (C=O) groups is 2. The summed E-state index contributed by atoms with van der Waals surface area (Å²) < 4.78 is 0. The molecule has 1 fully saturated rings. The summed E-state index contributed by atoms with van der Waals surface area (Å²) in [6.45, 7) is 5.17. The number of nitrogens with zero attached hydrogens (tertiary/aromatic N) is 2. The Balaban J connectivity index is 2.09. The van der Waals surface area contributed by atoms with Gasteiger partial charge in [0.15, 0.2) is 0 Å². The molecule has 1 heterocycles. The first-order valence-electron chi connectivity index (χ1n) is 7.70. The summed E-state index contributed by atoms with van der Waals surface area (Å²) in [5.74, 6) is -0.216. The van der Waals surface area contributed by atoms with Crippen molar-refractivity contribution in [2.24, 2.45) is 0 Å². The van der Waals surface area contributed by atoms with Crippen molar-refractivity contribution in [2.45, 2.75) is 45.6 Å². The van der Waals surface area contributed by atoms with Gasteiger partial charge in [0.1, 0.15) is 0 Å². The monoisotopic (exact) mass is 289 g/mol. The maximum absolute atomic E-state index is 12.3. The van der Waals surface area contributed by atoms with E-state index in [1.54, 1.807) is 11.0 Å². The van der Waals surface area contributed by atoms with Gasteiger partial charge in [-0.1, -0.05) is 12.8 Å². The summed E-state index contributed by atoms with van der Waals surface area (Å²) >= 11 is 0. The van der Waals surface area contributed by atoms with Crippen LogP contribution in [0.25, 0.3) is 0 Å². The Kier molecular flexibility index (Phi) is 5.31. The zero-order chi connectivity index (χ0) is 15.2. The molecule has 1 N–H and O–H groups in total. The van der Waals surface area contributed by atoms with Gasteiger partial charge in [0.25, 0.3) is 11.8 Å². The Hall–Kier alpha value is -1.91. The highest BCUT2D eigenvalue weighted by Gasteiger charge is 2.19. The molecule has 21 heavy (non-hydrogen) atoms. The van der Waals surface area contributed by atoms with Crippen LogP contribution < -0.4 is 5.32 Å². The molecule has 2 rings (SSSR count). The van der Waals surface area contributed by atoms with Gasteiger partial charge in [-0.05, 0) is 32.8 Å². The van der Waals surface area contributed by atoms with E-state index in [9.17, 15) is 9.59 Å². The first-order chi connectivity index (χ1) is 10.2. The molecule has 5 heteroatoms. The number of carbonyl (C=O) groups excluding carboxylic acids is 2. The Bertz CT molecular complexity index is 506. The number of pyridine rings is 1. The fraction of sp³-hybridized carbons (Fsp3) is 0.562. The van der Waals surface area contributed by atoms with Crippen LogP contribution in [0.1, 0.15) is 60.2 Å². The van der Waals surface area contributed by atoms with Crippen molar-refractivity contribution in [3.05, 3.63) is 29.6 Å². The fourth-order valence-electron chi connectivity index (χ4n) is 2.71. The summed E-state index contributed by atoms with van der Waals surface area (Å²) in [4.78, 5) is 30.3. The van der Waals surface area contributed by atoms with Gasteiger partial charge in [0.2, 0.25) is 0 Å². The lowest BCUT2D eigenvalue weighted by Gasteiger charge is -2.18. The van der Waals surface area contributed by atoms with Crippen LogP contribution in [-0.4, -0.2) is 40.8 Å². The number of amides is 2. The molecule has 1 aromatic rings. The summed E-state index contributed by atoms with van der Waals surface area (Å²) in [5, 5.41) is 3.01. The fourth-order valence-corrected chi connectivity index (χ4v) is 2.71. The van der Waals surface area contributed by atoms with Gasteiger partial charge < -0.3 is 10.2 Å². The normalized spacial score (nSPS) is 15.0. The minimum atomic E-state index is -0.136. The van der Waals surface area contributed by atoms with Crippen LogP contribution in [0.3, 0.4) is 0 Å². The molecule has 0 unspecified atom stereocenters. The van der Waals surface area contributed by atoms with E-state index in [1.165, 1.54) is 25.2 Å². The molecular formula is C16H23N3O2. The van der Waals surface area contributed by atoms with Crippen LogP contribution in [0.4, 0.5) is 0 Å². The maximum Gasteiger partial charge on any atom is 0.255 e. The number of hydrogen-bond donors (Lipinski definition) is 1. The van der Waals surface area contributed by atoms with Gasteiger partial charge >= 0.3 is 0 Å². The van der Waals surface area contributed by atoms with Crippen molar-refractivity contribution in [1.29, 1.82) is 0 Å². The number of rotatable bonds is 5. The number of aromatic nitrogens is 1. The second kappa shape index (κ2) is 7.20. The van der Waals surface area contributed by atoms with E-state index in [2.05, 4.69) is 10.3 Å². The topological polar surface area (TPSA) is 62.3 Å². The maximum atomic E-state index is 12.3. The van der Waals surface area contributed by atoms with Gasteiger partial charge in [0.05, 0.1) is 11.1 Å². The van der Waals surface area contributed by atoms with E-state index in [0.717, 1.165) is 12.8 Å². The molecule has 2 amide bonds. The third-order valence-corrected chi connectivity index (χ3v) is 3.99. The zero-order valence-electron chi connectivity index (χ0n) is 12.8. The standard InChI is InChI=1S/C16H23N3O2/c1-3-19(4-2)16(21)13-9-12(10-17-11-13)15(20)18-14-7-5-6-8-14/h9-11,14H,3-8H2,1-2H3,(H,18,20). The minimum Gasteiger partial charge on any atom is -0.349 e. The van der Waals surface area contributed by atoms with Gasteiger partial charge in [0, 0.05) is 31.5 Å². The van der Waals surface area contributed by atoms with E-state index in [0.29, 0.717) is 24.2 Å². The van der Waals surface area contributed by atoms with Crippen LogP contribution in [-0.2, 0) is 0 Å². The summed E-state index contributed by atoms with van der Waals surface area (Å²) in [5.41, 5.74) is 0.928. The van der Waals surface area contributed by atoms with Crippen molar-refractivity contribution in [1.82, 2.24) is 15.2 Å². The predicted octanol–water partition coefficient (Wildman–Crippen LogP) is 2.24. The first kappa shape index (κ1) is 15.5. The molecule has 1 aliphatic carbocycles. The van der Waals surface area contributed by atoms with Crippen molar-refractivity contribution >= 4 is 11.8 Å². The van der Waals surface area contributed by atoms with E-state index in [-0.39, 0.29) is 17.9 Å². The van der Waals surface area contributed by atoms with Crippen LogP contribution >= 0.6 is 0 Å². The van der Waals surface area contributed by atoms with Crippen molar-refractivity contribution < 1.29 is 9.59 Å². The average molecular weight is 289 g/mol. The smallest absolute Gasteiger partial charge is 0.255 e. The molecule has 0 aromatic carbocycles. The molecule has 0 aliphatic heterocycles. The van der Waals surface area contributed by atoms with Crippen LogP contribution in [0.5, 0.6) is 0 Å². The van der Waals surface area contributed by atoms with Gasteiger partial charge in [-0.2, -0.15) is 0 Å². The highest BCUT2D eigenvalue weighted by Crippen LogP contribution is 2.18.